The first-order valence-corrected chi connectivity index (χ1v) is 7.18. The number of rotatable bonds is 4. The number of methoxy groups -OCH3 is 1. The molecule has 0 aliphatic carbocycles. The molecule has 0 radical (unpaired) electrons. The summed E-state index contributed by atoms with van der Waals surface area (Å²) in [5.74, 6) is 0. The van der Waals surface area contributed by atoms with E-state index in [1.807, 2.05) is 24.3 Å². The van der Waals surface area contributed by atoms with Crippen LogP contribution in [0, 0.1) is 6.92 Å². The van der Waals surface area contributed by atoms with Crippen molar-refractivity contribution >= 4 is 28.8 Å². The predicted molar refractivity (Wildman–Crippen MR) is 83.6 cm³/mol. The molecular weight excluding hydrogens is 272 g/mol. The highest BCUT2D eigenvalue weighted by atomic mass is 32.1. The molecule has 1 aromatic heterocycles. The smallest absolute Gasteiger partial charge is 0.411 e. The highest BCUT2D eigenvalue weighted by molar-refractivity contribution is 7.12. The molecule has 2 N–H and O–H groups in total. The molecule has 4 nitrogen and oxygen atoms in total. The van der Waals surface area contributed by atoms with E-state index in [4.69, 9.17) is 0 Å². The average Bonchev–Trinajstić information content (AvgIpc) is 2.86. The number of anilines is 2. The second-order valence-electron chi connectivity index (χ2n) is 4.51. The van der Waals surface area contributed by atoms with Gasteiger partial charge in [0.15, 0.2) is 0 Å². The van der Waals surface area contributed by atoms with Gasteiger partial charge in [0.1, 0.15) is 0 Å². The average molecular weight is 290 g/mol. The molecule has 0 fully saturated rings. The quantitative estimate of drug-likeness (QED) is 0.877. The monoisotopic (exact) mass is 290 g/mol. The summed E-state index contributed by atoms with van der Waals surface area (Å²) in [6, 6.07) is 12.0. The highest BCUT2D eigenvalue weighted by Gasteiger charge is 2.08. The van der Waals surface area contributed by atoms with Crippen molar-refractivity contribution < 1.29 is 9.53 Å². The van der Waals surface area contributed by atoms with E-state index in [9.17, 15) is 4.79 Å². The molecule has 1 amide bonds. The molecular formula is C15H18N2O2S. The van der Waals surface area contributed by atoms with Crippen LogP contribution in [-0.2, 0) is 4.74 Å². The Labute approximate surface area is 122 Å². The summed E-state index contributed by atoms with van der Waals surface area (Å²) in [5, 5.41) is 6.07. The van der Waals surface area contributed by atoms with Gasteiger partial charge in [-0.15, -0.1) is 11.3 Å². The number of benzene rings is 1. The Morgan fingerprint density at radius 2 is 2.00 bits per heavy atom. The first-order chi connectivity index (χ1) is 9.58. The lowest BCUT2D eigenvalue weighted by Crippen LogP contribution is -2.11. The fourth-order valence-electron chi connectivity index (χ4n) is 1.86. The Morgan fingerprint density at radius 1 is 1.25 bits per heavy atom. The molecule has 0 bridgehead atoms. The number of ether oxygens (including phenoxy) is 1. The van der Waals surface area contributed by atoms with Crippen molar-refractivity contribution in [3.8, 4) is 0 Å². The van der Waals surface area contributed by atoms with Crippen molar-refractivity contribution in [3.63, 3.8) is 0 Å². The van der Waals surface area contributed by atoms with Crippen molar-refractivity contribution in [1.29, 1.82) is 0 Å². The number of aryl methyl sites for hydroxylation is 1. The highest BCUT2D eigenvalue weighted by Crippen LogP contribution is 2.26. The van der Waals surface area contributed by atoms with Crippen LogP contribution in [0.3, 0.4) is 0 Å². The fraction of sp³-hybridized carbons (Fsp3) is 0.267. The van der Waals surface area contributed by atoms with Gasteiger partial charge >= 0.3 is 6.09 Å². The predicted octanol–water partition coefficient (Wildman–Crippen LogP) is 4.41. The fourth-order valence-corrected chi connectivity index (χ4v) is 2.74. The molecule has 1 atom stereocenters. The molecule has 0 aliphatic rings. The lowest BCUT2D eigenvalue weighted by Gasteiger charge is -2.14. The summed E-state index contributed by atoms with van der Waals surface area (Å²) < 4.78 is 4.58. The molecule has 1 aromatic carbocycles. The van der Waals surface area contributed by atoms with Crippen molar-refractivity contribution in [2.24, 2.45) is 0 Å². The molecule has 0 saturated heterocycles. The maximum atomic E-state index is 11.2. The summed E-state index contributed by atoms with van der Waals surface area (Å²) in [6.45, 7) is 4.22. The van der Waals surface area contributed by atoms with Gasteiger partial charge in [-0.1, -0.05) is 6.07 Å². The number of amides is 1. The third-order valence-corrected chi connectivity index (χ3v) is 4.05. The van der Waals surface area contributed by atoms with Gasteiger partial charge in [-0.05, 0) is 44.2 Å². The van der Waals surface area contributed by atoms with E-state index in [1.165, 1.54) is 16.9 Å². The molecule has 20 heavy (non-hydrogen) atoms. The van der Waals surface area contributed by atoms with Crippen LogP contribution in [0.2, 0.25) is 0 Å². The van der Waals surface area contributed by atoms with Gasteiger partial charge in [-0.25, -0.2) is 4.79 Å². The van der Waals surface area contributed by atoms with E-state index in [0.717, 1.165) is 5.69 Å². The van der Waals surface area contributed by atoms with Gasteiger partial charge in [0.05, 0.1) is 13.2 Å². The molecule has 0 aliphatic heterocycles. The van der Waals surface area contributed by atoms with E-state index in [-0.39, 0.29) is 6.04 Å². The summed E-state index contributed by atoms with van der Waals surface area (Å²) >= 11 is 1.78. The summed E-state index contributed by atoms with van der Waals surface area (Å²) in [5.41, 5.74) is 1.66. The topological polar surface area (TPSA) is 50.4 Å². The lowest BCUT2D eigenvalue weighted by atomic mass is 10.2. The van der Waals surface area contributed by atoms with Crippen LogP contribution in [0.4, 0.5) is 16.2 Å². The number of carbonyl (C=O) groups is 1. The molecule has 1 unspecified atom stereocenters. The van der Waals surface area contributed by atoms with Crippen molar-refractivity contribution in [2.45, 2.75) is 19.9 Å². The summed E-state index contributed by atoms with van der Waals surface area (Å²) in [4.78, 5) is 13.8. The van der Waals surface area contributed by atoms with E-state index in [2.05, 4.69) is 41.4 Å². The van der Waals surface area contributed by atoms with E-state index < -0.39 is 6.09 Å². The lowest BCUT2D eigenvalue weighted by molar-refractivity contribution is 0.187. The van der Waals surface area contributed by atoms with Crippen LogP contribution in [-0.4, -0.2) is 13.2 Å². The van der Waals surface area contributed by atoms with Gasteiger partial charge in [0.25, 0.3) is 0 Å². The van der Waals surface area contributed by atoms with Crippen LogP contribution in [0.15, 0.2) is 36.4 Å². The second kappa shape index (κ2) is 6.43. The van der Waals surface area contributed by atoms with Crippen molar-refractivity contribution in [1.82, 2.24) is 0 Å². The van der Waals surface area contributed by atoms with Gasteiger partial charge in [-0.2, -0.15) is 0 Å². The Bertz CT molecular complexity index is 595. The number of hydrogen-bond donors (Lipinski definition) is 2. The van der Waals surface area contributed by atoms with E-state index in [1.54, 1.807) is 11.3 Å². The SMILES string of the molecule is COC(=O)Nc1cccc(NC(C)c2ccc(C)s2)c1. The van der Waals surface area contributed by atoms with Gasteiger partial charge < -0.3 is 10.1 Å². The minimum absolute atomic E-state index is 0.224. The van der Waals surface area contributed by atoms with Crippen LogP contribution in [0.5, 0.6) is 0 Å². The van der Waals surface area contributed by atoms with Crippen molar-refractivity contribution in [3.05, 3.63) is 46.2 Å². The first kappa shape index (κ1) is 14.4. The second-order valence-corrected chi connectivity index (χ2v) is 5.83. The van der Waals surface area contributed by atoms with Crippen molar-refractivity contribution in [2.75, 3.05) is 17.7 Å². The summed E-state index contributed by atoms with van der Waals surface area (Å²) in [6.07, 6.45) is -0.468. The van der Waals surface area contributed by atoms with Crippen LogP contribution in [0.25, 0.3) is 0 Å². The standard InChI is InChI=1S/C15H18N2O2S/c1-10-7-8-14(20-10)11(2)16-12-5-4-6-13(9-12)17-15(18)19-3/h4-9,11,16H,1-3H3,(H,17,18). The molecule has 5 heteroatoms. The Balaban J connectivity index is 2.05. The zero-order chi connectivity index (χ0) is 14.5. The maximum Gasteiger partial charge on any atom is 0.411 e. The summed E-state index contributed by atoms with van der Waals surface area (Å²) in [7, 11) is 1.35. The maximum absolute atomic E-state index is 11.2. The number of hydrogen-bond acceptors (Lipinski definition) is 4. The molecule has 1 heterocycles. The first-order valence-electron chi connectivity index (χ1n) is 6.36. The molecule has 2 rings (SSSR count). The van der Waals surface area contributed by atoms with Crippen LogP contribution in [0.1, 0.15) is 22.7 Å². The van der Waals surface area contributed by atoms with Gasteiger partial charge in [0.2, 0.25) is 0 Å². The zero-order valence-electron chi connectivity index (χ0n) is 11.8. The molecule has 106 valence electrons. The van der Waals surface area contributed by atoms with E-state index in [0.29, 0.717) is 5.69 Å². The molecule has 2 aromatic rings. The normalized spacial score (nSPS) is 11.8. The molecule has 0 spiro atoms. The third-order valence-electron chi connectivity index (χ3n) is 2.87. The minimum atomic E-state index is -0.468. The third kappa shape index (κ3) is 3.74. The minimum Gasteiger partial charge on any atom is -0.453 e. The zero-order valence-corrected chi connectivity index (χ0v) is 12.6. The largest absolute Gasteiger partial charge is 0.453 e. The molecule has 0 saturated carbocycles. The van der Waals surface area contributed by atoms with Crippen LogP contribution >= 0.6 is 11.3 Å². The van der Waals surface area contributed by atoms with Crippen LogP contribution < -0.4 is 10.6 Å². The van der Waals surface area contributed by atoms with Gasteiger partial charge in [0, 0.05) is 21.1 Å². The number of carbonyl (C=O) groups excluding carboxylic acids is 1. The Morgan fingerprint density at radius 3 is 2.65 bits per heavy atom. The number of thiophene rings is 1. The Hall–Kier alpha value is -2.01. The van der Waals surface area contributed by atoms with Gasteiger partial charge in [-0.3, -0.25) is 5.32 Å². The number of nitrogens with one attached hydrogen (secondary N) is 2. The Kier molecular flexibility index (Phi) is 4.63. The van der Waals surface area contributed by atoms with E-state index >= 15 is 0 Å².